The van der Waals surface area contributed by atoms with Crippen LogP contribution in [0, 0.1) is 0 Å². The lowest BCUT2D eigenvalue weighted by Crippen LogP contribution is -2.46. The van der Waals surface area contributed by atoms with E-state index in [4.69, 9.17) is 27.9 Å². The Morgan fingerprint density at radius 1 is 1.33 bits per heavy atom. The van der Waals surface area contributed by atoms with Crippen molar-refractivity contribution in [2.24, 2.45) is 0 Å². The molecule has 2 rings (SSSR count). The van der Waals surface area contributed by atoms with E-state index in [1.165, 1.54) is 12.0 Å². The molecule has 1 aliphatic rings. The van der Waals surface area contributed by atoms with Crippen molar-refractivity contribution >= 4 is 35.2 Å². The molecule has 112 valence electrons. The Hall–Kier alpha value is -1.72. The van der Waals surface area contributed by atoms with Gasteiger partial charge < -0.3 is 15.0 Å². The van der Waals surface area contributed by atoms with Gasteiger partial charge in [-0.1, -0.05) is 29.3 Å². The highest BCUT2D eigenvalue weighted by Crippen LogP contribution is 2.37. The standard InChI is InChI=1S/C14H14Cl2N2O3/c1-7-10(13(19)21-3)12(17-14(20)18(7)2)11-8(15)5-4-6-9(11)16/h4-6,12H,1-3H3,(H,17,20). The quantitative estimate of drug-likeness (QED) is 0.848. The molecule has 1 aromatic rings. The van der Waals surface area contributed by atoms with Gasteiger partial charge >= 0.3 is 12.0 Å². The number of carbonyl (C=O) groups excluding carboxylic acids is 2. The third-order valence-electron chi connectivity index (χ3n) is 3.45. The van der Waals surface area contributed by atoms with Crippen LogP contribution in [0.15, 0.2) is 29.5 Å². The number of allylic oxidation sites excluding steroid dienone is 1. The molecule has 1 atom stereocenters. The molecule has 0 saturated heterocycles. The summed E-state index contributed by atoms with van der Waals surface area (Å²) in [6, 6.07) is 3.90. The number of carbonyl (C=O) groups is 2. The lowest BCUT2D eigenvalue weighted by Gasteiger charge is -2.33. The molecule has 0 saturated carbocycles. The minimum absolute atomic E-state index is 0.301. The van der Waals surface area contributed by atoms with Crippen molar-refractivity contribution in [3.63, 3.8) is 0 Å². The fourth-order valence-corrected chi connectivity index (χ4v) is 2.83. The van der Waals surface area contributed by atoms with E-state index in [9.17, 15) is 9.59 Å². The van der Waals surface area contributed by atoms with E-state index in [2.05, 4.69) is 5.32 Å². The van der Waals surface area contributed by atoms with Crippen LogP contribution < -0.4 is 5.32 Å². The summed E-state index contributed by atoms with van der Waals surface area (Å²) in [6.45, 7) is 1.67. The first-order chi connectivity index (χ1) is 9.88. The van der Waals surface area contributed by atoms with E-state index in [-0.39, 0.29) is 6.03 Å². The summed E-state index contributed by atoms with van der Waals surface area (Å²) in [5.41, 5.74) is 1.27. The molecule has 1 unspecified atom stereocenters. The summed E-state index contributed by atoms with van der Waals surface area (Å²) in [6.07, 6.45) is 0. The third kappa shape index (κ3) is 2.71. The molecule has 1 N–H and O–H groups in total. The number of esters is 1. The Morgan fingerprint density at radius 3 is 2.43 bits per heavy atom. The van der Waals surface area contributed by atoms with Crippen LogP contribution >= 0.6 is 23.2 Å². The summed E-state index contributed by atoms with van der Waals surface area (Å²) in [5.74, 6) is -0.541. The fourth-order valence-electron chi connectivity index (χ4n) is 2.21. The first-order valence-electron chi connectivity index (χ1n) is 6.15. The minimum atomic E-state index is -0.748. The molecule has 21 heavy (non-hydrogen) atoms. The van der Waals surface area contributed by atoms with Gasteiger partial charge in [-0.15, -0.1) is 0 Å². The smallest absolute Gasteiger partial charge is 0.337 e. The molecule has 1 aromatic carbocycles. The first kappa shape index (κ1) is 15.7. The molecule has 5 nitrogen and oxygen atoms in total. The maximum absolute atomic E-state index is 12.1. The van der Waals surface area contributed by atoms with E-state index in [1.54, 1.807) is 32.2 Å². The second kappa shape index (κ2) is 5.95. The molecule has 1 aliphatic heterocycles. The van der Waals surface area contributed by atoms with Crippen molar-refractivity contribution in [3.05, 3.63) is 45.1 Å². The highest BCUT2D eigenvalue weighted by atomic mass is 35.5. The average molecular weight is 329 g/mol. The molecule has 0 spiro atoms. The Labute approximate surface area is 132 Å². The summed E-state index contributed by atoms with van der Waals surface area (Å²) in [7, 11) is 2.85. The van der Waals surface area contributed by atoms with Crippen molar-refractivity contribution in [1.82, 2.24) is 10.2 Å². The van der Waals surface area contributed by atoms with Gasteiger partial charge in [0.25, 0.3) is 0 Å². The van der Waals surface area contributed by atoms with Crippen LogP contribution in [-0.4, -0.2) is 31.1 Å². The van der Waals surface area contributed by atoms with Crippen LogP contribution in [-0.2, 0) is 9.53 Å². The number of nitrogens with zero attached hydrogens (tertiary/aromatic N) is 1. The van der Waals surface area contributed by atoms with Gasteiger partial charge in [-0.05, 0) is 19.1 Å². The summed E-state index contributed by atoms with van der Waals surface area (Å²) in [5, 5.41) is 3.45. The molecule has 2 amide bonds. The number of amides is 2. The molecule has 0 fully saturated rings. The highest BCUT2D eigenvalue weighted by molar-refractivity contribution is 6.36. The topological polar surface area (TPSA) is 58.6 Å². The summed E-state index contributed by atoms with van der Waals surface area (Å²) in [4.78, 5) is 25.4. The fraction of sp³-hybridized carbons (Fsp3) is 0.286. The summed E-state index contributed by atoms with van der Waals surface area (Å²) < 4.78 is 4.81. The molecular formula is C14H14Cl2N2O3. The lowest BCUT2D eigenvalue weighted by atomic mass is 9.95. The minimum Gasteiger partial charge on any atom is -0.466 e. The van der Waals surface area contributed by atoms with Crippen LogP contribution in [0.2, 0.25) is 10.0 Å². The van der Waals surface area contributed by atoms with Gasteiger partial charge in [-0.2, -0.15) is 0 Å². The monoisotopic (exact) mass is 328 g/mol. The van der Waals surface area contributed by atoms with Crippen molar-refractivity contribution in [2.45, 2.75) is 13.0 Å². The number of benzene rings is 1. The Balaban J connectivity index is 2.65. The zero-order valence-electron chi connectivity index (χ0n) is 11.7. The predicted molar refractivity (Wildman–Crippen MR) is 80.2 cm³/mol. The third-order valence-corrected chi connectivity index (χ3v) is 4.11. The van der Waals surface area contributed by atoms with E-state index in [0.29, 0.717) is 26.9 Å². The van der Waals surface area contributed by atoms with Gasteiger partial charge in [0.2, 0.25) is 0 Å². The van der Waals surface area contributed by atoms with E-state index in [1.807, 2.05) is 0 Å². The Kier molecular flexibility index (Phi) is 4.44. The Bertz CT molecular complexity index is 623. The zero-order valence-corrected chi connectivity index (χ0v) is 13.2. The summed E-state index contributed by atoms with van der Waals surface area (Å²) >= 11 is 12.4. The van der Waals surface area contributed by atoms with Crippen LogP contribution in [0.4, 0.5) is 4.79 Å². The zero-order chi connectivity index (χ0) is 15.7. The van der Waals surface area contributed by atoms with Gasteiger partial charge in [0.1, 0.15) is 0 Å². The van der Waals surface area contributed by atoms with Crippen LogP contribution in [0.25, 0.3) is 0 Å². The number of hydrogen-bond acceptors (Lipinski definition) is 3. The molecule has 0 radical (unpaired) electrons. The van der Waals surface area contributed by atoms with Crippen LogP contribution in [0.5, 0.6) is 0 Å². The van der Waals surface area contributed by atoms with Gasteiger partial charge in [0.05, 0.1) is 18.7 Å². The SMILES string of the molecule is COC(=O)C1=C(C)N(C)C(=O)NC1c1c(Cl)cccc1Cl. The normalized spacial score (nSPS) is 18.6. The van der Waals surface area contributed by atoms with Crippen molar-refractivity contribution in [2.75, 3.05) is 14.2 Å². The molecule has 0 aliphatic carbocycles. The number of halogens is 2. The molecule has 1 heterocycles. The van der Waals surface area contributed by atoms with Gasteiger partial charge in [-0.3, -0.25) is 0 Å². The van der Waals surface area contributed by atoms with Crippen LogP contribution in [0.3, 0.4) is 0 Å². The first-order valence-corrected chi connectivity index (χ1v) is 6.91. The molecule has 7 heteroatoms. The van der Waals surface area contributed by atoms with Gasteiger partial charge in [-0.25, -0.2) is 9.59 Å². The van der Waals surface area contributed by atoms with Crippen LogP contribution in [0.1, 0.15) is 18.5 Å². The van der Waals surface area contributed by atoms with E-state index in [0.717, 1.165) is 0 Å². The average Bonchev–Trinajstić information content (AvgIpc) is 2.44. The highest BCUT2D eigenvalue weighted by Gasteiger charge is 2.36. The van der Waals surface area contributed by atoms with Crippen molar-refractivity contribution in [1.29, 1.82) is 0 Å². The largest absolute Gasteiger partial charge is 0.466 e. The second-order valence-electron chi connectivity index (χ2n) is 4.57. The molecule has 0 bridgehead atoms. The van der Waals surface area contributed by atoms with Crippen molar-refractivity contribution < 1.29 is 14.3 Å². The second-order valence-corrected chi connectivity index (χ2v) is 5.38. The molecule has 0 aromatic heterocycles. The number of hydrogen-bond donors (Lipinski definition) is 1. The molecular weight excluding hydrogens is 315 g/mol. The van der Waals surface area contributed by atoms with E-state index < -0.39 is 12.0 Å². The number of ether oxygens (including phenoxy) is 1. The van der Waals surface area contributed by atoms with Crippen molar-refractivity contribution in [3.8, 4) is 0 Å². The number of rotatable bonds is 2. The van der Waals surface area contributed by atoms with Gasteiger partial charge in [0.15, 0.2) is 0 Å². The maximum atomic E-state index is 12.1. The Morgan fingerprint density at radius 2 is 1.90 bits per heavy atom. The number of nitrogens with one attached hydrogen (secondary N) is 1. The predicted octanol–water partition coefficient (Wildman–Crippen LogP) is 3.14. The maximum Gasteiger partial charge on any atom is 0.337 e. The number of methoxy groups -OCH3 is 1. The van der Waals surface area contributed by atoms with E-state index >= 15 is 0 Å². The lowest BCUT2D eigenvalue weighted by molar-refractivity contribution is -0.136. The number of urea groups is 1. The van der Waals surface area contributed by atoms with Gasteiger partial charge in [0, 0.05) is 28.4 Å².